The maximum Gasteiger partial charge on any atom is 0.245 e. The highest BCUT2D eigenvalue weighted by atomic mass is 35.5. The van der Waals surface area contributed by atoms with Crippen LogP contribution in [0.1, 0.15) is 23.0 Å². The molecule has 0 aliphatic rings. The summed E-state index contributed by atoms with van der Waals surface area (Å²) in [6.07, 6.45) is 1.05. The van der Waals surface area contributed by atoms with E-state index >= 15 is 0 Å². The number of hydrogen-bond acceptors (Lipinski definition) is 5. The van der Waals surface area contributed by atoms with E-state index in [-0.39, 0.29) is 24.1 Å². The molecule has 0 bridgehead atoms. The Morgan fingerprint density at radius 1 is 1.14 bits per heavy atom. The van der Waals surface area contributed by atoms with E-state index < -0.39 is 6.04 Å². The van der Waals surface area contributed by atoms with E-state index in [1.54, 1.807) is 19.1 Å². The fourth-order valence-electron chi connectivity index (χ4n) is 2.79. The van der Waals surface area contributed by atoms with Gasteiger partial charge in [0.25, 0.3) is 0 Å². The molecule has 3 N–H and O–H groups in total. The van der Waals surface area contributed by atoms with Crippen molar-refractivity contribution < 1.29 is 9.18 Å². The molecule has 2 aromatic carbocycles. The number of amides is 1. The van der Waals surface area contributed by atoms with Gasteiger partial charge in [0.1, 0.15) is 17.7 Å². The van der Waals surface area contributed by atoms with Gasteiger partial charge in [0.05, 0.1) is 0 Å². The molecule has 1 aromatic heterocycles. The average Bonchev–Trinajstić information content (AvgIpc) is 3.08. The van der Waals surface area contributed by atoms with Crippen molar-refractivity contribution in [3.8, 4) is 0 Å². The highest BCUT2D eigenvalue weighted by molar-refractivity contribution is 5.85. The Hall–Kier alpha value is -3.00. The van der Waals surface area contributed by atoms with Crippen LogP contribution in [0.15, 0.2) is 48.5 Å². The van der Waals surface area contributed by atoms with E-state index in [9.17, 15) is 9.18 Å². The number of nitrogens with two attached hydrogens (primary N) is 1. The molecule has 1 heterocycles. The van der Waals surface area contributed by atoms with Gasteiger partial charge in [0, 0.05) is 18.7 Å². The minimum absolute atomic E-state index is 0. The number of nitrogen functional groups attached to an aromatic ring is 1. The Morgan fingerprint density at radius 2 is 1.79 bits per heavy atom. The minimum Gasteiger partial charge on any atom is -0.399 e. The van der Waals surface area contributed by atoms with Crippen molar-refractivity contribution in [3.05, 3.63) is 71.3 Å². The van der Waals surface area contributed by atoms with Gasteiger partial charge in [-0.3, -0.25) is 4.79 Å². The molecule has 9 heteroatoms. The van der Waals surface area contributed by atoms with Gasteiger partial charge in [-0.2, -0.15) is 0 Å². The number of rotatable bonds is 7. The number of carbonyl (C=O) groups excluding carboxylic acids is 1. The summed E-state index contributed by atoms with van der Waals surface area (Å²) in [5.74, 6) is 0.0304. The van der Waals surface area contributed by atoms with Gasteiger partial charge in [-0.25, -0.2) is 9.07 Å². The number of benzene rings is 2. The summed E-state index contributed by atoms with van der Waals surface area (Å²) >= 11 is 0. The summed E-state index contributed by atoms with van der Waals surface area (Å²) < 4.78 is 14.6. The Morgan fingerprint density at radius 3 is 2.39 bits per heavy atom. The SMILES string of the molecule is Cc1nnnn1C(Cc1ccc(F)cc1)C(=O)NCCc1ccc(N)cc1.Cl. The Labute approximate surface area is 168 Å². The maximum absolute atomic E-state index is 13.1. The normalized spacial score (nSPS) is 11.5. The number of carbonyl (C=O) groups is 1. The van der Waals surface area contributed by atoms with Gasteiger partial charge in [0.15, 0.2) is 0 Å². The molecule has 1 unspecified atom stereocenters. The lowest BCUT2D eigenvalue weighted by Gasteiger charge is -2.17. The first-order valence-electron chi connectivity index (χ1n) is 8.64. The summed E-state index contributed by atoms with van der Waals surface area (Å²) in [6, 6.07) is 13.0. The molecule has 3 rings (SSSR count). The highest BCUT2D eigenvalue weighted by Crippen LogP contribution is 2.16. The molecule has 0 aliphatic carbocycles. The third-order valence-corrected chi connectivity index (χ3v) is 4.29. The van der Waals surface area contributed by atoms with Crippen molar-refractivity contribution in [2.45, 2.75) is 25.8 Å². The van der Waals surface area contributed by atoms with Crippen molar-refractivity contribution in [1.29, 1.82) is 0 Å². The summed E-state index contributed by atoms with van der Waals surface area (Å²) in [4.78, 5) is 12.8. The number of aryl methyl sites for hydroxylation is 1. The molecule has 1 amide bonds. The van der Waals surface area contributed by atoms with Crippen molar-refractivity contribution in [2.75, 3.05) is 12.3 Å². The summed E-state index contributed by atoms with van der Waals surface area (Å²) in [6.45, 7) is 2.21. The molecule has 0 saturated carbocycles. The quantitative estimate of drug-likeness (QED) is 0.588. The van der Waals surface area contributed by atoms with Crippen LogP contribution in [-0.2, 0) is 17.6 Å². The average molecular weight is 405 g/mol. The zero-order valence-electron chi connectivity index (χ0n) is 15.4. The lowest BCUT2D eigenvalue weighted by atomic mass is 10.0. The Kier molecular flexibility index (Phi) is 7.45. The second kappa shape index (κ2) is 9.80. The van der Waals surface area contributed by atoms with E-state index in [0.29, 0.717) is 30.9 Å². The molecule has 0 radical (unpaired) electrons. The second-order valence-electron chi connectivity index (χ2n) is 6.30. The largest absolute Gasteiger partial charge is 0.399 e. The Bertz CT molecular complexity index is 898. The van der Waals surface area contributed by atoms with Crippen LogP contribution in [0.5, 0.6) is 0 Å². The number of anilines is 1. The predicted octanol–water partition coefficient (Wildman–Crippen LogP) is 2.27. The number of hydrogen-bond donors (Lipinski definition) is 2. The zero-order valence-corrected chi connectivity index (χ0v) is 16.2. The number of nitrogens with zero attached hydrogens (tertiary/aromatic N) is 4. The first kappa shape index (κ1) is 21.3. The van der Waals surface area contributed by atoms with Gasteiger partial charge in [-0.05, 0) is 59.2 Å². The fraction of sp³-hybridized carbons (Fsp3) is 0.263. The van der Waals surface area contributed by atoms with E-state index in [1.165, 1.54) is 16.8 Å². The van der Waals surface area contributed by atoms with E-state index in [4.69, 9.17) is 5.73 Å². The lowest BCUT2D eigenvalue weighted by molar-refractivity contribution is -0.124. The van der Waals surface area contributed by atoms with Gasteiger partial charge in [0.2, 0.25) is 5.91 Å². The first-order chi connectivity index (χ1) is 13.0. The molecular weight excluding hydrogens is 383 g/mol. The predicted molar refractivity (Wildman–Crippen MR) is 107 cm³/mol. The molecule has 1 atom stereocenters. The molecule has 0 aliphatic heterocycles. The minimum atomic E-state index is -0.614. The lowest BCUT2D eigenvalue weighted by Crippen LogP contribution is -2.36. The smallest absolute Gasteiger partial charge is 0.245 e. The molecule has 0 spiro atoms. The van der Waals surface area contributed by atoms with Gasteiger partial charge >= 0.3 is 0 Å². The number of tetrazole rings is 1. The fourth-order valence-corrected chi connectivity index (χ4v) is 2.79. The topological polar surface area (TPSA) is 98.7 Å². The van der Waals surface area contributed by atoms with E-state index in [0.717, 1.165) is 11.1 Å². The summed E-state index contributed by atoms with van der Waals surface area (Å²) in [5.41, 5.74) is 8.29. The third-order valence-electron chi connectivity index (χ3n) is 4.29. The van der Waals surface area contributed by atoms with Crippen molar-refractivity contribution >= 4 is 24.0 Å². The van der Waals surface area contributed by atoms with Crippen LogP contribution in [0.4, 0.5) is 10.1 Å². The van der Waals surface area contributed by atoms with Crippen LogP contribution in [0.3, 0.4) is 0 Å². The molecule has 0 fully saturated rings. The van der Waals surface area contributed by atoms with Crippen LogP contribution in [-0.4, -0.2) is 32.7 Å². The summed E-state index contributed by atoms with van der Waals surface area (Å²) in [5, 5.41) is 14.4. The van der Waals surface area contributed by atoms with Gasteiger partial charge < -0.3 is 11.1 Å². The Balaban J connectivity index is 0.00000280. The number of aromatic nitrogens is 4. The van der Waals surface area contributed by atoms with Gasteiger partial charge in [-0.1, -0.05) is 24.3 Å². The molecular formula is C19H22ClFN6O. The number of nitrogens with one attached hydrogen (secondary N) is 1. The van der Waals surface area contributed by atoms with Crippen LogP contribution in [0.2, 0.25) is 0 Å². The molecule has 3 aromatic rings. The van der Waals surface area contributed by atoms with E-state index in [1.807, 2.05) is 24.3 Å². The first-order valence-corrected chi connectivity index (χ1v) is 8.64. The van der Waals surface area contributed by atoms with Crippen LogP contribution in [0.25, 0.3) is 0 Å². The van der Waals surface area contributed by atoms with Crippen molar-refractivity contribution in [1.82, 2.24) is 25.5 Å². The number of halogens is 2. The second-order valence-corrected chi connectivity index (χ2v) is 6.30. The molecule has 148 valence electrons. The summed E-state index contributed by atoms with van der Waals surface area (Å²) in [7, 11) is 0. The maximum atomic E-state index is 13.1. The molecule has 7 nitrogen and oxygen atoms in total. The standard InChI is InChI=1S/C19H21FN6O.ClH/c1-13-23-24-25-26(13)18(12-15-2-6-16(20)7-3-15)19(27)22-11-10-14-4-8-17(21)9-5-14;/h2-9,18H,10-12,21H2,1H3,(H,22,27);1H. The van der Waals surface area contributed by atoms with Gasteiger partial charge in [-0.15, -0.1) is 17.5 Å². The van der Waals surface area contributed by atoms with E-state index in [2.05, 4.69) is 20.8 Å². The molecule has 28 heavy (non-hydrogen) atoms. The van der Waals surface area contributed by atoms with Crippen molar-refractivity contribution in [2.24, 2.45) is 0 Å². The third kappa shape index (κ3) is 5.50. The molecule has 0 saturated heterocycles. The zero-order chi connectivity index (χ0) is 19.2. The van der Waals surface area contributed by atoms with Crippen LogP contribution >= 0.6 is 12.4 Å². The van der Waals surface area contributed by atoms with Crippen LogP contribution in [0, 0.1) is 12.7 Å². The highest BCUT2D eigenvalue weighted by Gasteiger charge is 2.24. The monoisotopic (exact) mass is 404 g/mol. The van der Waals surface area contributed by atoms with Crippen LogP contribution < -0.4 is 11.1 Å². The van der Waals surface area contributed by atoms with Crippen molar-refractivity contribution in [3.63, 3.8) is 0 Å².